The van der Waals surface area contributed by atoms with Gasteiger partial charge in [-0.05, 0) is 24.7 Å². The first-order chi connectivity index (χ1) is 8.13. The number of fused-ring (bicyclic) bond motifs is 2. The highest BCUT2D eigenvalue weighted by atomic mass is 16.6. The van der Waals surface area contributed by atoms with Crippen molar-refractivity contribution in [3.05, 3.63) is 12.7 Å². The number of carboxylic acid groups (broad SMARTS) is 1. The molecule has 94 valence electrons. The number of carbonyl (C=O) groups excluding carboxylic acids is 1. The lowest BCUT2D eigenvalue weighted by Gasteiger charge is -2.35. The number of likely N-dealkylation sites (tertiary alicyclic amines) is 1. The summed E-state index contributed by atoms with van der Waals surface area (Å²) in [6.07, 6.45) is 2.96. The largest absolute Gasteiger partial charge is 0.481 e. The molecular formula is C12H17NO4. The monoisotopic (exact) mass is 239 g/mol. The molecule has 0 aromatic carbocycles. The summed E-state index contributed by atoms with van der Waals surface area (Å²) in [5, 5.41) is 9.14. The van der Waals surface area contributed by atoms with Crippen LogP contribution in [0.3, 0.4) is 0 Å². The molecule has 2 fully saturated rings. The van der Waals surface area contributed by atoms with Crippen LogP contribution in [0.4, 0.5) is 4.79 Å². The number of rotatable bonds is 3. The molecule has 0 aromatic rings. The van der Waals surface area contributed by atoms with Crippen LogP contribution in [-0.2, 0) is 9.53 Å². The van der Waals surface area contributed by atoms with Gasteiger partial charge in [0, 0.05) is 13.1 Å². The fourth-order valence-corrected chi connectivity index (χ4v) is 3.00. The van der Waals surface area contributed by atoms with E-state index < -0.39 is 5.97 Å². The van der Waals surface area contributed by atoms with E-state index >= 15 is 0 Å². The molecule has 1 aliphatic carbocycles. The van der Waals surface area contributed by atoms with Gasteiger partial charge in [0.25, 0.3) is 0 Å². The second kappa shape index (κ2) is 4.77. The summed E-state index contributed by atoms with van der Waals surface area (Å²) in [6, 6.07) is 0. The van der Waals surface area contributed by atoms with Crippen molar-refractivity contribution in [3.63, 3.8) is 0 Å². The average Bonchev–Trinajstić information content (AvgIpc) is 2.57. The van der Waals surface area contributed by atoms with Crippen molar-refractivity contribution in [2.24, 2.45) is 17.8 Å². The summed E-state index contributed by atoms with van der Waals surface area (Å²) in [7, 11) is 0. The SMILES string of the molecule is C=CCOC(=O)N1CC2CCC(C1)C2C(=O)O. The lowest BCUT2D eigenvalue weighted by molar-refractivity contribution is -0.146. The van der Waals surface area contributed by atoms with Gasteiger partial charge >= 0.3 is 12.1 Å². The first-order valence-corrected chi connectivity index (χ1v) is 5.89. The van der Waals surface area contributed by atoms with Gasteiger partial charge in [-0.1, -0.05) is 12.7 Å². The van der Waals surface area contributed by atoms with Gasteiger partial charge in [-0.25, -0.2) is 4.79 Å². The minimum atomic E-state index is -0.725. The molecular weight excluding hydrogens is 222 g/mol. The summed E-state index contributed by atoms with van der Waals surface area (Å²) in [5.41, 5.74) is 0. The molecule has 1 saturated heterocycles. The molecule has 0 spiro atoms. The number of hydrogen-bond donors (Lipinski definition) is 1. The average molecular weight is 239 g/mol. The van der Waals surface area contributed by atoms with Gasteiger partial charge in [0.2, 0.25) is 0 Å². The summed E-state index contributed by atoms with van der Waals surface area (Å²) in [5.74, 6) is -0.833. The van der Waals surface area contributed by atoms with Gasteiger partial charge in [-0.2, -0.15) is 0 Å². The predicted octanol–water partition coefficient (Wildman–Crippen LogP) is 1.35. The highest BCUT2D eigenvalue weighted by Gasteiger charge is 2.47. The van der Waals surface area contributed by atoms with Gasteiger partial charge in [0.05, 0.1) is 5.92 Å². The molecule has 17 heavy (non-hydrogen) atoms. The summed E-state index contributed by atoms with van der Waals surface area (Å²) in [4.78, 5) is 24.4. The van der Waals surface area contributed by atoms with Crippen molar-refractivity contribution in [1.29, 1.82) is 0 Å². The molecule has 1 N–H and O–H groups in total. The molecule has 2 rings (SSSR count). The normalized spacial score (nSPS) is 31.1. The molecule has 5 heteroatoms. The number of nitrogens with zero attached hydrogens (tertiary/aromatic N) is 1. The Kier molecular flexibility index (Phi) is 3.36. The van der Waals surface area contributed by atoms with Crippen LogP contribution in [0.1, 0.15) is 12.8 Å². The Morgan fingerprint density at radius 1 is 1.35 bits per heavy atom. The highest BCUT2D eigenvalue weighted by Crippen LogP contribution is 2.42. The fraction of sp³-hybridized carbons (Fsp3) is 0.667. The molecule has 1 amide bonds. The predicted molar refractivity (Wildman–Crippen MR) is 60.5 cm³/mol. The number of carbonyl (C=O) groups is 2. The van der Waals surface area contributed by atoms with E-state index in [0.717, 1.165) is 12.8 Å². The Hall–Kier alpha value is -1.52. The second-order valence-corrected chi connectivity index (χ2v) is 4.73. The molecule has 2 unspecified atom stereocenters. The molecule has 2 aliphatic rings. The topological polar surface area (TPSA) is 66.8 Å². The maximum atomic E-state index is 11.7. The van der Waals surface area contributed by atoms with Crippen LogP contribution in [-0.4, -0.2) is 41.8 Å². The van der Waals surface area contributed by atoms with Crippen molar-refractivity contribution < 1.29 is 19.4 Å². The molecule has 2 bridgehead atoms. The zero-order valence-corrected chi connectivity index (χ0v) is 9.67. The summed E-state index contributed by atoms with van der Waals surface area (Å²) >= 11 is 0. The summed E-state index contributed by atoms with van der Waals surface area (Å²) in [6.45, 7) is 4.69. The number of piperidine rings is 1. The Bertz CT molecular complexity index is 327. The molecule has 2 atom stereocenters. The standard InChI is InChI=1S/C12H17NO4/c1-2-5-17-12(16)13-6-8-3-4-9(7-13)10(8)11(14)15/h2,8-10H,1,3-7H2,(H,14,15). The van der Waals surface area contributed by atoms with E-state index in [1.165, 1.54) is 6.08 Å². The lowest BCUT2D eigenvalue weighted by Crippen LogP contribution is -2.47. The van der Waals surface area contributed by atoms with Gasteiger partial charge in [0.1, 0.15) is 6.61 Å². The number of hydrogen-bond acceptors (Lipinski definition) is 3. The maximum Gasteiger partial charge on any atom is 0.410 e. The number of amides is 1. The Morgan fingerprint density at radius 3 is 2.41 bits per heavy atom. The number of carboxylic acids is 1. The Labute approximate surface area is 100 Å². The van der Waals surface area contributed by atoms with E-state index in [-0.39, 0.29) is 30.5 Å². The molecule has 5 nitrogen and oxygen atoms in total. The van der Waals surface area contributed by atoms with E-state index in [2.05, 4.69) is 6.58 Å². The van der Waals surface area contributed by atoms with Crippen molar-refractivity contribution >= 4 is 12.1 Å². The van der Waals surface area contributed by atoms with Crippen molar-refractivity contribution in [3.8, 4) is 0 Å². The zero-order chi connectivity index (χ0) is 12.4. The first kappa shape index (κ1) is 12.0. The maximum absolute atomic E-state index is 11.7. The molecule has 1 saturated carbocycles. The molecule has 1 heterocycles. The van der Waals surface area contributed by atoms with Gasteiger partial charge in [0.15, 0.2) is 0 Å². The second-order valence-electron chi connectivity index (χ2n) is 4.73. The fourth-order valence-electron chi connectivity index (χ4n) is 3.00. The number of aliphatic carboxylic acids is 1. The van der Waals surface area contributed by atoms with Crippen LogP contribution in [0, 0.1) is 17.8 Å². The van der Waals surface area contributed by atoms with Crippen LogP contribution >= 0.6 is 0 Å². The zero-order valence-electron chi connectivity index (χ0n) is 9.67. The van der Waals surface area contributed by atoms with Crippen molar-refractivity contribution in [1.82, 2.24) is 4.90 Å². The lowest BCUT2D eigenvalue weighted by atomic mass is 9.85. The minimum absolute atomic E-state index is 0.0857. The van der Waals surface area contributed by atoms with Crippen LogP contribution in [0.15, 0.2) is 12.7 Å². The minimum Gasteiger partial charge on any atom is -0.481 e. The summed E-state index contributed by atoms with van der Waals surface area (Å²) < 4.78 is 4.97. The smallest absolute Gasteiger partial charge is 0.410 e. The van der Waals surface area contributed by atoms with Crippen LogP contribution < -0.4 is 0 Å². The third-order valence-corrected chi connectivity index (χ3v) is 3.70. The molecule has 0 aromatic heterocycles. The number of ether oxygens (including phenoxy) is 1. The molecule has 0 radical (unpaired) electrons. The first-order valence-electron chi connectivity index (χ1n) is 5.89. The third-order valence-electron chi connectivity index (χ3n) is 3.70. The van der Waals surface area contributed by atoms with Gasteiger partial charge in [-0.3, -0.25) is 4.79 Å². The van der Waals surface area contributed by atoms with E-state index in [1.54, 1.807) is 4.90 Å². The van der Waals surface area contributed by atoms with E-state index in [4.69, 9.17) is 9.84 Å². The Morgan fingerprint density at radius 2 is 1.94 bits per heavy atom. The third kappa shape index (κ3) is 2.28. The van der Waals surface area contributed by atoms with Gasteiger partial charge < -0.3 is 14.7 Å². The van der Waals surface area contributed by atoms with E-state index in [1.807, 2.05) is 0 Å². The van der Waals surface area contributed by atoms with Crippen molar-refractivity contribution in [2.75, 3.05) is 19.7 Å². The highest BCUT2D eigenvalue weighted by molar-refractivity contribution is 5.73. The van der Waals surface area contributed by atoms with E-state index in [9.17, 15) is 9.59 Å². The van der Waals surface area contributed by atoms with Gasteiger partial charge in [-0.15, -0.1) is 0 Å². The van der Waals surface area contributed by atoms with E-state index in [0.29, 0.717) is 13.1 Å². The molecule has 1 aliphatic heterocycles. The quantitative estimate of drug-likeness (QED) is 0.755. The van der Waals surface area contributed by atoms with Crippen LogP contribution in [0.25, 0.3) is 0 Å². The Balaban J connectivity index is 1.97. The van der Waals surface area contributed by atoms with Crippen molar-refractivity contribution in [2.45, 2.75) is 12.8 Å². The van der Waals surface area contributed by atoms with Crippen LogP contribution in [0.5, 0.6) is 0 Å². The van der Waals surface area contributed by atoms with Crippen LogP contribution in [0.2, 0.25) is 0 Å².